The molecule has 4 aliphatic carbocycles. The molecule has 5 fully saturated rings. The number of nitrogens with one attached hydrogen (secondary N) is 1. The summed E-state index contributed by atoms with van der Waals surface area (Å²) in [5, 5.41) is 2.01. The van der Waals surface area contributed by atoms with E-state index in [2.05, 4.69) is 11.9 Å². The molecule has 0 spiro atoms. The number of carbonyl (C=O) groups is 2. The first-order valence-corrected chi connectivity index (χ1v) is 14.4. The van der Waals surface area contributed by atoms with Crippen LogP contribution in [0.5, 0.6) is 0 Å². The summed E-state index contributed by atoms with van der Waals surface area (Å²) in [6, 6.07) is 1.03. The van der Waals surface area contributed by atoms with Gasteiger partial charge in [-0.25, -0.2) is 0 Å². The number of halogens is 5. The first kappa shape index (κ1) is 27.5. The van der Waals surface area contributed by atoms with E-state index >= 15 is 0 Å². The van der Waals surface area contributed by atoms with Gasteiger partial charge in [0, 0.05) is 18.0 Å². The van der Waals surface area contributed by atoms with Crippen molar-refractivity contribution in [2.24, 2.45) is 28.9 Å². The van der Waals surface area contributed by atoms with E-state index in [0.717, 1.165) is 27.9 Å². The van der Waals surface area contributed by atoms with E-state index in [9.17, 15) is 31.2 Å². The summed E-state index contributed by atoms with van der Waals surface area (Å²) in [5.41, 5.74) is 4.18. The second kappa shape index (κ2) is 9.28. The maximum atomic E-state index is 13.5. The molecule has 1 aromatic carbocycles. The molecule has 5 aliphatic rings. The van der Waals surface area contributed by atoms with Crippen LogP contribution in [0.4, 0.5) is 18.9 Å². The standard InChI is InChI=1S/C24H27Cl2F3N4O4S/c1-12-9-32(38(36,37)33(10-12)21-17(25)4-16(5-18(21)26)24(27,28)29)11-19(34)31-20-14-2-13-3-15(20)8-23(6-13,7-14)22(30)35/h4-5,13-15,20H,1-3,6-11H2,(H2,30,35)(H,31,34). The molecule has 4 saturated carbocycles. The molecule has 208 valence electrons. The Balaban J connectivity index is 1.34. The average Bonchev–Trinajstić information content (AvgIpc) is 2.78. The molecule has 1 aliphatic heterocycles. The van der Waals surface area contributed by atoms with Crippen molar-refractivity contribution >= 4 is 50.9 Å². The molecule has 14 heteroatoms. The van der Waals surface area contributed by atoms with E-state index in [-0.39, 0.29) is 42.6 Å². The number of benzene rings is 1. The quantitative estimate of drug-likeness (QED) is 0.506. The first-order chi connectivity index (χ1) is 17.6. The van der Waals surface area contributed by atoms with Gasteiger partial charge in [-0.3, -0.25) is 13.9 Å². The first-order valence-electron chi connectivity index (χ1n) is 12.2. The minimum Gasteiger partial charge on any atom is -0.369 e. The number of amides is 2. The summed E-state index contributed by atoms with van der Waals surface area (Å²) in [6.07, 6.45) is -0.956. The van der Waals surface area contributed by atoms with E-state index in [1.165, 1.54) is 0 Å². The Hall–Kier alpha value is -2.02. The summed E-state index contributed by atoms with van der Waals surface area (Å²) in [4.78, 5) is 25.3. The average molecular weight is 595 g/mol. The fourth-order valence-corrected chi connectivity index (χ4v) is 9.53. The minimum atomic E-state index is -4.73. The predicted octanol–water partition coefficient (Wildman–Crippen LogP) is 3.73. The third-order valence-corrected chi connectivity index (χ3v) is 10.8. The Bertz CT molecular complexity index is 1280. The summed E-state index contributed by atoms with van der Waals surface area (Å²) in [7, 11) is -4.39. The lowest BCUT2D eigenvalue weighted by atomic mass is 9.47. The van der Waals surface area contributed by atoms with Crippen LogP contribution in [0.15, 0.2) is 24.3 Å². The van der Waals surface area contributed by atoms with Crippen molar-refractivity contribution in [2.75, 3.05) is 23.9 Å². The Morgan fingerprint density at radius 2 is 1.68 bits per heavy atom. The maximum absolute atomic E-state index is 13.5. The van der Waals surface area contributed by atoms with Crippen LogP contribution in [-0.2, 0) is 26.0 Å². The Kier molecular flexibility index (Phi) is 6.72. The number of primary amides is 1. The van der Waals surface area contributed by atoms with Crippen molar-refractivity contribution in [3.63, 3.8) is 0 Å². The summed E-state index contributed by atoms with van der Waals surface area (Å²) < 4.78 is 68.1. The third-order valence-electron chi connectivity index (χ3n) is 8.41. The SMILES string of the molecule is C=C1CN(CC(=O)NC2C3CC4CC2CC(C(N)=O)(C4)C3)S(=O)(=O)N(c2c(Cl)cc(C(F)(F)F)cc2Cl)C1. The number of hydrogen-bond acceptors (Lipinski definition) is 4. The molecule has 2 atom stereocenters. The van der Waals surface area contributed by atoms with Crippen molar-refractivity contribution in [2.45, 2.75) is 44.3 Å². The highest BCUT2D eigenvalue weighted by Gasteiger charge is 2.58. The highest BCUT2D eigenvalue weighted by Crippen LogP contribution is 2.60. The van der Waals surface area contributed by atoms with E-state index in [0.29, 0.717) is 36.5 Å². The van der Waals surface area contributed by atoms with E-state index < -0.39 is 49.9 Å². The smallest absolute Gasteiger partial charge is 0.369 e. The van der Waals surface area contributed by atoms with Crippen LogP contribution >= 0.6 is 23.2 Å². The van der Waals surface area contributed by atoms with E-state index in [4.69, 9.17) is 28.9 Å². The van der Waals surface area contributed by atoms with Gasteiger partial charge in [-0.2, -0.15) is 25.9 Å². The van der Waals surface area contributed by atoms with Crippen LogP contribution in [0.1, 0.15) is 37.7 Å². The fourth-order valence-electron chi connectivity index (χ4n) is 7.06. The highest BCUT2D eigenvalue weighted by atomic mass is 35.5. The molecule has 4 bridgehead atoms. The molecule has 8 nitrogen and oxygen atoms in total. The van der Waals surface area contributed by atoms with Gasteiger partial charge in [0.15, 0.2) is 0 Å². The lowest BCUT2D eigenvalue weighted by molar-refractivity contribution is -0.147. The molecule has 38 heavy (non-hydrogen) atoms. The summed E-state index contributed by atoms with van der Waals surface area (Å²) in [5.74, 6) is -0.233. The molecule has 6 rings (SSSR count). The Labute approximate surface area is 228 Å². The van der Waals surface area contributed by atoms with Gasteiger partial charge in [-0.05, 0) is 67.6 Å². The second-order valence-corrected chi connectivity index (χ2v) is 13.7. The Morgan fingerprint density at radius 3 is 2.21 bits per heavy atom. The lowest BCUT2D eigenvalue weighted by Gasteiger charge is -2.58. The van der Waals surface area contributed by atoms with Gasteiger partial charge in [0.05, 0.1) is 34.4 Å². The Morgan fingerprint density at radius 1 is 1.11 bits per heavy atom. The largest absolute Gasteiger partial charge is 0.416 e. The number of carbonyl (C=O) groups excluding carboxylic acids is 2. The monoisotopic (exact) mass is 594 g/mol. The van der Waals surface area contributed by atoms with Crippen molar-refractivity contribution in [3.05, 3.63) is 39.9 Å². The minimum absolute atomic E-state index is 0.0897. The van der Waals surface area contributed by atoms with Crippen molar-refractivity contribution in [3.8, 4) is 0 Å². The zero-order chi connectivity index (χ0) is 27.8. The number of hydrogen-bond donors (Lipinski definition) is 2. The molecule has 2 amide bonds. The molecule has 0 aromatic heterocycles. The molecular weight excluding hydrogens is 568 g/mol. The number of anilines is 1. The molecule has 1 heterocycles. The molecule has 1 aromatic rings. The number of rotatable bonds is 5. The van der Waals surface area contributed by atoms with Gasteiger partial charge in [0.25, 0.3) is 0 Å². The zero-order valence-corrected chi connectivity index (χ0v) is 22.6. The lowest BCUT2D eigenvalue weighted by Crippen LogP contribution is -2.63. The summed E-state index contributed by atoms with van der Waals surface area (Å²) in [6.45, 7) is 2.92. The fraction of sp³-hybridized carbons (Fsp3) is 0.583. The van der Waals surface area contributed by atoms with Gasteiger partial charge < -0.3 is 11.1 Å². The number of nitrogens with zero attached hydrogens (tertiary/aromatic N) is 2. The van der Waals surface area contributed by atoms with Crippen molar-refractivity contribution in [1.82, 2.24) is 9.62 Å². The maximum Gasteiger partial charge on any atom is 0.416 e. The van der Waals surface area contributed by atoms with Crippen LogP contribution in [0.2, 0.25) is 10.0 Å². The molecular formula is C24H27Cl2F3N4O4S. The van der Waals surface area contributed by atoms with Crippen LogP contribution < -0.4 is 15.4 Å². The topological polar surface area (TPSA) is 113 Å². The van der Waals surface area contributed by atoms with Crippen molar-refractivity contribution in [1.29, 1.82) is 0 Å². The van der Waals surface area contributed by atoms with Gasteiger partial charge in [-0.1, -0.05) is 29.8 Å². The zero-order valence-electron chi connectivity index (χ0n) is 20.2. The van der Waals surface area contributed by atoms with E-state index in [1.54, 1.807) is 0 Å². The van der Waals surface area contributed by atoms with Crippen LogP contribution in [0.3, 0.4) is 0 Å². The molecule has 3 N–H and O–H groups in total. The molecule has 1 saturated heterocycles. The van der Waals surface area contributed by atoms with Crippen LogP contribution in [-0.4, -0.2) is 50.2 Å². The molecule has 2 unspecified atom stereocenters. The summed E-state index contributed by atoms with van der Waals surface area (Å²) >= 11 is 12.2. The van der Waals surface area contributed by atoms with Gasteiger partial charge >= 0.3 is 16.4 Å². The van der Waals surface area contributed by atoms with Gasteiger partial charge in [0.2, 0.25) is 11.8 Å². The van der Waals surface area contributed by atoms with Crippen LogP contribution in [0.25, 0.3) is 0 Å². The second-order valence-electron chi connectivity index (χ2n) is 11.0. The highest BCUT2D eigenvalue weighted by molar-refractivity contribution is 7.90. The number of alkyl halides is 3. The van der Waals surface area contributed by atoms with E-state index in [1.807, 2.05) is 0 Å². The third kappa shape index (κ3) is 4.67. The number of nitrogens with two attached hydrogens (primary N) is 1. The predicted molar refractivity (Wildman–Crippen MR) is 136 cm³/mol. The van der Waals surface area contributed by atoms with Gasteiger partial charge in [0.1, 0.15) is 0 Å². The van der Waals surface area contributed by atoms with Crippen molar-refractivity contribution < 1.29 is 31.2 Å². The van der Waals surface area contributed by atoms with Gasteiger partial charge in [-0.15, -0.1) is 0 Å². The molecule has 0 radical (unpaired) electrons. The normalized spacial score (nSPS) is 32.4. The van der Waals surface area contributed by atoms with Crippen LogP contribution in [0, 0.1) is 23.2 Å².